The van der Waals surface area contributed by atoms with Crippen LogP contribution in [0.25, 0.3) is 0 Å². The first-order valence-corrected chi connectivity index (χ1v) is 6.21. The smallest absolute Gasteiger partial charge is 0.0213 e. The lowest BCUT2D eigenvalue weighted by atomic mass is 10.0. The second-order valence-corrected chi connectivity index (χ2v) is 4.63. The van der Waals surface area contributed by atoms with Crippen LogP contribution in [0, 0.1) is 5.92 Å². The summed E-state index contributed by atoms with van der Waals surface area (Å²) in [4.78, 5) is 0. The minimum absolute atomic E-state index is 0.454. The van der Waals surface area contributed by atoms with Crippen molar-refractivity contribution in [3.05, 3.63) is 35.9 Å². The molecule has 0 aliphatic rings. The number of benzene rings is 1. The Morgan fingerprint density at radius 2 is 1.88 bits per heavy atom. The highest BCUT2D eigenvalue weighted by Crippen LogP contribution is 2.03. The zero-order valence-electron chi connectivity index (χ0n) is 10.4. The summed E-state index contributed by atoms with van der Waals surface area (Å²) >= 11 is 0. The maximum absolute atomic E-state index is 5.70. The molecule has 0 fully saturated rings. The molecule has 0 radical (unpaired) electrons. The Hall–Kier alpha value is -0.860. The van der Waals surface area contributed by atoms with Crippen molar-refractivity contribution in [2.45, 2.75) is 32.7 Å². The van der Waals surface area contributed by atoms with E-state index in [1.165, 1.54) is 12.0 Å². The first-order chi connectivity index (χ1) is 7.74. The highest BCUT2D eigenvalue weighted by molar-refractivity contribution is 5.14. The number of rotatable bonds is 7. The normalized spacial score (nSPS) is 13.0. The van der Waals surface area contributed by atoms with Crippen molar-refractivity contribution in [2.24, 2.45) is 11.7 Å². The Morgan fingerprint density at radius 3 is 2.44 bits per heavy atom. The van der Waals surface area contributed by atoms with E-state index in [1.54, 1.807) is 0 Å². The molecule has 0 aromatic heterocycles. The van der Waals surface area contributed by atoms with E-state index in [4.69, 9.17) is 5.73 Å². The predicted molar refractivity (Wildman–Crippen MR) is 70.4 cm³/mol. The summed E-state index contributed by atoms with van der Waals surface area (Å²) in [6.07, 6.45) is 2.32. The molecule has 1 unspecified atom stereocenters. The fraction of sp³-hybridized carbons (Fsp3) is 0.571. The molecule has 0 bridgehead atoms. The van der Waals surface area contributed by atoms with Gasteiger partial charge in [-0.15, -0.1) is 0 Å². The number of hydrogen-bond acceptors (Lipinski definition) is 2. The summed E-state index contributed by atoms with van der Waals surface area (Å²) in [5, 5.41) is 3.51. The molecule has 3 N–H and O–H groups in total. The highest BCUT2D eigenvalue weighted by atomic mass is 14.9. The quantitative estimate of drug-likeness (QED) is 0.691. The van der Waals surface area contributed by atoms with Crippen molar-refractivity contribution in [2.75, 3.05) is 13.1 Å². The number of nitrogens with two attached hydrogens (primary N) is 1. The summed E-state index contributed by atoms with van der Waals surface area (Å²) in [6.45, 7) is 6.20. The summed E-state index contributed by atoms with van der Waals surface area (Å²) in [7, 11) is 0. The molecule has 2 heteroatoms. The summed E-state index contributed by atoms with van der Waals surface area (Å²) in [5.74, 6) is 0.613. The molecule has 0 saturated carbocycles. The SMILES string of the molecule is CC(C)C(CN)NCCCc1ccccc1. The van der Waals surface area contributed by atoms with Crippen molar-refractivity contribution >= 4 is 0 Å². The van der Waals surface area contributed by atoms with Crippen molar-refractivity contribution in [1.82, 2.24) is 5.32 Å². The molecule has 1 rings (SSSR count). The average molecular weight is 220 g/mol. The minimum Gasteiger partial charge on any atom is -0.329 e. The van der Waals surface area contributed by atoms with Crippen LogP contribution in [0.5, 0.6) is 0 Å². The molecule has 1 aromatic carbocycles. The van der Waals surface area contributed by atoms with E-state index in [9.17, 15) is 0 Å². The first kappa shape index (κ1) is 13.2. The maximum atomic E-state index is 5.70. The molecule has 1 aromatic rings. The van der Waals surface area contributed by atoms with Crippen LogP contribution >= 0.6 is 0 Å². The Balaban J connectivity index is 2.16. The zero-order valence-corrected chi connectivity index (χ0v) is 10.4. The number of hydrogen-bond donors (Lipinski definition) is 2. The highest BCUT2D eigenvalue weighted by Gasteiger charge is 2.09. The standard InChI is InChI=1S/C14H24N2/c1-12(2)14(11-15)16-10-6-9-13-7-4-3-5-8-13/h3-5,7-8,12,14,16H,6,9-11,15H2,1-2H3. The third-order valence-electron chi connectivity index (χ3n) is 2.95. The number of nitrogens with one attached hydrogen (secondary N) is 1. The molecule has 0 heterocycles. The largest absolute Gasteiger partial charge is 0.329 e. The molecule has 90 valence electrons. The third-order valence-corrected chi connectivity index (χ3v) is 2.95. The molecule has 0 aliphatic heterocycles. The van der Waals surface area contributed by atoms with E-state index >= 15 is 0 Å². The van der Waals surface area contributed by atoms with Gasteiger partial charge in [0.15, 0.2) is 0 Å². The first-order valence-electron chi connectivity index (χ1n) is 6.21. The van der Waals surface area contributed by atoms with Crippen LogP contribution in [0.2, 0.25) is 0 Å². The van der Waals surface area contributed by atoms with Crippen LogP contribution in [0.1, 0.15) is 25.8 Å². The lowest BCUT2D eigenvalue weighted by Crippen LogP contribution is -2.40. The van der Waals surface area contributed by atoms with E-state index < -0.39 is 0 Å². The molecule has 0 spiro atoms. The molecule has 0 amide bonds. The Kier molecular flexibility index (Phi) is 6.12. The van der Waals surface area contributed by atoms with Crippen LogP contribution < -0.4 is 11.1 Å². The third kappa shape index (κ3) is 4.77. The van der Waals surface area contributed by atoms with Gasteiger partial charge in [0.05, 0.1) is 0 Å². The summed E-state index contributed by atoms with van der Waals surface area (Å²) < 4.78 is 0. The van der Waals surface area contributed by atoms with Gasteiger partial charge in [0, 0.05) is 12.6 Å². The van der Waals surface area contributed by atoms with Gasteiger partial charge >= 0.3 is 0 Å². The average Bonchev–Trinajstić information content (AvgIpc) is 2.30. The van der Waals surface area contributed by atoms with Gasteiger partial charge in [0.25, 0.3) is 0 Å². The molecule has 1 atom stereocenters. The monoisotopic (exact) mass is 220 g/mol. The number of aryl methyl sites for hydroxylation is 1. The Morgan fingerprint density at radius 1 is 1.19 bits per heavy atom. The van der Waals surface area contributed by atoms with Crippen molar-refractivity contribution in [1.29, 1.82) is 0 Å². The minimum atomic E-state index is 0.454. The van der Waals surface area contributed by atoms with Gasteiger partial charge in [-0.3, -0.25) is 0 Å². The van der Waals surface area contributed by atoms with Crippen LogP contribution in [0.3, 0.4) is 0 Å². The maximum Gasteiger partial charge on any atom is 0.0213 e. The van der Waals surface area contributed by atoms with Gasteiger partial charge in [-0.25, -0.2) is 0 Å². The molecular formula is C14H24N2. The van der Waals surface area contributed by atoms with Crippen molar-refractivity contribution < 1.29 is 0 Å². The van der Waals surface area contributed by atoms with E-state index in [0.29, 0.717) is 12.0 Å². The predicted octanol–water partition coefficient (Wildman–Crippen LogP) is 2.19. The van der Waals surface area contributed by atoms with E-state index in [1.807, 2.05) is 0 Å². The van der Waals surface area contributed by atoms with Gasteiger partial charge in [-0.2, -0.15) is 0 Å². The van der Waals surface area contributed by atoms with Gasteiger partial charge < -0.3 is 11.1 Å². The van der Waals surface area contributed by atoms with Crippen LogP contribution in [-0.2, 0) is 6.42 Å². The van der Waals surface area contributed by atoms with Crippen molar-refractivity contribution in [3.8, 4) is 0 Å². The van der Waals surface area contributed by atoms with E-state index in [-0.39, 0.29) is 0 Å². The van der Waals surface area contributed by atoms with Crippen LogP contribution in [0.15, 0.2) is 30.3 Å². The molecular weight excluding hydrogens is 196 g/mol. The van der Waals surface area contributed by atoms with Crippen LogP contribution in [-0.4, -0.2) is 19.1 Å². The molecule has 2 nitrogen and oxygen atoms in total. The fourth-order valence-corrected chi connectivity index (χ4v) is 1.82. The zero-order chi connectivity index (χ0) is 11.8. The Bertz CT molecular complexity index is 269. The second kappa shape index (κ2) is 7.42. The van der Waals surface area contributed by atoms with Crippen molar-refractivity contribution in [3.63, 3.8) is 0 Å². The topological polar surface area (TPSA) is 38.0 Å². The van der Waals surface area contributed by atoms with Gasteiger partial charge in [-0.1, -0.05) is 44.2 Å². The van der Waals surface area contributed by atoms with Gasteiger partial charge in [0.2, 0.25) is 0 Å². The van der Waals surface area contributed by atoms with Gasteiger partial charge in [0.1, 0.15) is 0 Å². The fourth-order valence-electron chi connectivity index (χ4n) is 1.82. The molecule has 16 heavy (non-hydrogen) atoms. The summed E-state index contributed by atoms with van der Waals surface area (Å²) in [5.41, 5.74) is 7.12. The summed E-state index contributed by atoms with van der Waals surface area (Å²) in [6, 6.07) is 11.1. The molecule has 0 saturated heterocycles. The second-order valence-electron chi connectivity index (χ2n) is 4.63. The van der Waals surface area contributed by atoms with Crippen LogP contribution in [0.4, 0.5) is 0 Å². The molecule has 0 aliphatic carbocycles. The lowest BCUT2D eigenvalue weighted by molar-refractivity contribution is 0.404. The lowest BCUT2D eigenvalue weighted by Gasteiger charge is -2.20. The Labute approximate surface area is 99.2 Å². The van der Waals surface area contributed by atoms with Gasteiger partial charge in [-0.05, 0) is 30.9 Å². The van der Waals surface area contributed by atoms with E-state index in [0.717, 1.165) is 19.5 Å². The van der Waals surface area contributed by atoms with E-state index in [2.05, 4.69) is 49.5 Å².